The van der Waals surface area contributed by atoms with Crippen molar-refractivity contribution in [2.45, 2.75) is 25.7 Å². The molecule has 7 heteroatoms. The molecule has 1 aromatic carbocycles. The second kappa shape index (κ2) is 7.81. The Morgan fingerprint density at radius 3 is 2.38 bits per heavy atom. The lowest BCUT2D eigenvalue weighted by Gasteiger charge is -2.19. The third kappa shape index (κ3) is 4.16. The molecule has 0 spiro atoms. The first-order valence-corrected chi connectivity index (χ1v) is 8.74. The third-order valence-corrected chi connectivity index (χ3v) is 4.52. The number of nitrogens with one attached hydrogen (secondary N) is 1. The highest BCUT2D eigenvalue weighted by molar-refractivity contribution is 6.36. The van der Waals surface area contributed by atoms with Gasteiger partial charge in [-0.25, -0.2) is 0 Å². The van der Waals surface area contributed by atoms with Crippen molar-refractivity contribution < 1.29 is 4.79 Å². The van der Waals surface area contributed by atoms with Crippen molar-refractivity contribution in [2.75, 3.05) is 18.4 Å². The van der Waals surface area contributed by atoms with Crippen LogP contribution in [0.5, 0.6) is 0 Å². The maximum atomic E-state index is 12.5. The van der Waals surface area contributed by atoms with Crippen molar-refractivity contribution in [1.29, 1.82) is 0 Å². The van der Waals surface area contributed by atoms with E-state index in [0.717, 1.165) is 25.9 Å². The molecule has 5 nitrogen and oxygen atoms in total. The van der Waals surface area contributed by atoms with Crippen LogP contribution in [0.4, 0.5) is 11.5 Å². The van der Waals surface area contributed by atoms with Crippen LogP contribution in [-0.2, 0) is 0 Å². The van der Waals surface area contributed by atoms with Crippen LogP contribution < -0.4 is 5.32 Å². The van der Waals surface area contributed by atoms with Gasteiger partial charge in [0.15, 0.2) is 11.5 Å². The van der Waals surface area contributed by atoms with Gasteiger partial charge in [-0.3, -0.25) is 4.79 Å². The van der Waals surface area contributed by atoms with E-state index < -0.39 is 0 Å². The van der Waals surface area contributed by atoms with Crippen LogP contribution in [0.1, 0.15) is 36.2 Å². The summed E-state index contributed by atoms with van der Waals surface area (Å²) in [5, 5.41) is 12.3. The van der Waals surface area contributed by atoms with Gasteiger partial charge in [-0.1, -0.05) is 36.0 Å². The molecule has 0 unspecified atom stereocenters. The summed E-state index contributed by atoms with van der Waals surface area (Å²) in [6.07, 6.45) is 4.46. The first-order valence-electron chi connectivity index (χ1n) is 7.98. The van der Waals surface area contributed by atoms with Gasteiger partial charge >= 0.3 is 0 Å². The van der Waals surface area contributed by atoms with E-state index in [2.05, 4.69) is 15.5 Å². The molecule has 1 aliphatic rings. The SMILES string of the molecule is O=C(c1ccc(Nc2ccc(Cl)cc2Cl)nn1)N1CCCCCC1. The third-order valence-electron chi connectivity index (χ3n) is 3.97. The number of amides is 1. The van der Waals surface area contributed by atoms with E-state index in [0.29, 0.717) is 27.2 Å². The van der Waals surface area contributed by atoms with Gasteiger partial charge in [0.2, 0.25) is 0 Å². The van der Waals surface area contributed by atoms with Gasteiger partial charge in [-0.15, -0.1) is 10.2 Å². The Morgan fingerprint density at radius 2 is 1.75 bits per heavy atom. The molecule has 0 bridgehead atoms. The number of likely N-dealkylation sites (tertiary alicyclic amines) is 1. The van der Waals surface area contributed by atoms with E-state index in [1.807, 2.05) is 4.90 Å². The molecule has 1 aliphatic heterocycles. The van der Waals surface area contributed by atoms with Crippen LogP contribution in [-0.4, -0.2) is 34.1 Å². The fraction of sp³-hybridized carbons (Fsp3) is 0.353. The van der Waals surface area contributed by atoms with Gasteiger partial charge in [0.1, 0.15) is 0 Å². The van der Waals surface area contributed by atoms with Crippen molar-refractivity contribution in [2.24, 2.45) is 0 Å². The number of anilines is 2. The van der Waals surface area contributed by atoms with Crippen molar-refractivity contribution in [3.8, 4) is 0 Å². The van der Waals surface area contributed by atoms with E-state index in [9.17, 15) is 4.79 Å². The van der Waals surface area contributed by atoms with Crippen molar-refractivity contribution >= 4 is 40.6 Å². The second-order valence-corrected chi connectivity index (χ2v) is 6.60. The number of rotatable bonds is 3. The Morgan fingerprint density at radius 1 is 1.00 bits per heavy atom. The minimum absolute atomic E-state index is 0.0551. The lowest BCUT2D eigenvalue weighted by atomic mass is 10.2. The number of aromatic nitrogens is 2. The lowest BCUT2D eigenvalue weighted by molar-refractivity contribution is 0.0754. The Hall–Kier alpha value is -1.85. The highest BCUT2D eigenvalue weighted by Gasteiger charge is 2.18. The molecule has 2 heterocycles. The molecule has 0 saturated carbocycles. The van der Waals surface area contributed by atoms with E-state index in [1.165, 1.54) is 12.8 Å². The summed E-state index contributed by atoms with van der Waals surface area (Å²) in [5.41, 5.74) is 1.05. The largest absolute Gasteiger partial charge is 0.338 e. The predicted molar refractivity (Wildman–Crippen MR) is 96.1 cm³/mol. The summed E-state index contributed by atoms with van der Waals surface area (Å²) in [7, 11) is 0. The molecule has 0 radical (unpaired) electrons. The highest BCUT2D eigenvalue weighted by atomic mass is 35.5. The van der Waals surface area contributed by atoms with Crippen LogP contribution in [0, 0.1) is 0 Å². The zero-order chi connectivity index (χ0) is 16.9. The fourth-order valence-electron chi connectivity index (χ4n) is 2.68. The average Bonchev–Trinajstić information content (AvgIpc) is 2.87. The summed E-state index contributed by atoms with van der Waals surface area (Å²) < 4.78 is 0. The van der Waals surface area contributed by atoms with Crippen LogP contribution in [0.25, 0.3) is 0 Å². The number of carbonyl (C=O) groups is 1. The molecule has 1 N–H and O–H groups in total. The number of nitrogens with zero attached hydrogens (tertiary/aromatic N) is 3. The van der Waals surface area contributed by atoms with Gasteiger partial charge in [0.05, 0.1) is 10.7 Å². The zero-order valence-electron chi connectivity index (χ0n) is 13.1. The number of carbonyl (C=O) groups excluding carboxylic acids is 1. The summed E-state index contributed by atoms with van der Waals surface area (Å²) >= 11 is 12.0. The summed E-state index contributed by atoms with van der Waals surface area (Å²) in [5.74, 6) is 0.465. The first kappa shape index (κ1) is 17.0. The van der Waals surface area contributed by atoms with Gasteiger partial charge < -0.3 is 10.2 Å². The first-order chi connectivity index (χ1) is 11.6. The van der Waals surface area contributed by atoms with Gasteiger partial charge in [0, 0.05) is 18.1 Å². The molecule has 126 valence electrons. The summed E-state index contributed by atoms with van der Waals surface area (Å²) in [6.45, 7) is 1.59. The number of benzene rings is 1. The maximum Gasteiger partial charge on any atom is 0.274 e. The highest BCUT2D eigenvalue weighted by Crippen LogP contribution is 2.27. The Balaban J connectivity index is 1.69. The monoisotopic (exact) mass is 364 g/mol. The molecule has 1 saturated heterocycles. The zero-order valence-corrected chi connectivity index (χ0v) is 14.6. The quantitative estimate of drug-likeness (QED) is 0.867. The van der Waals surface area contributed by atoms with E-state index in [-0.39, 0.29) is 5.91 Å². The summed E-state index contributed by atoms with van der Waals surface area (Å²) in [4.78, 5) is 14.3. The molecule has 0 aliphatic carbocycles. The van der Waals surface area contributed by atoms with Gasteiger partial charge in [0.25, 0.3) is 5.91 Å². The second-order valence-electron chi connectivity index (χ2n) is 5.76. The molecule has 24 heavy (non-hydrogen) atoms. The molecule has 1 amide bonds. The normalized spacial score (nSPS) is 15.0. The summed E-state index contributed by atoms with van der Waals surface area (Å²) in [6, 6.07) is 8.56. The fourth-order valence-corrected chi connectivity index (χ4v) is 3.13. The van der Waals surface area contributed by atoms with E-state index >= 15 is 0 Å². The smallest absolute Gasteiger partial charge is 0.274 e. The van der Waals surface area contributed by atoms with Crippen LogP contribution in [0.3, 0.4) is 0 Å². The molecule has 0 atom stereocenters. The Bertz CT molecular complexity index is 713. The topological polar surface area (TPSA) is 58.1 Å². The number of hydrogen-bond donors (Lipinski definition) is 1. The minimum Gasteiger partial charge on any atom is -0.338 e. The molecule has 1 fully saturated rings. The van der Waals surface area contributed by atoms with E-state index in [4.69, 9.17) is 23.2 Å². The van der Waals surface area contributed by atoms with Gasteiger partial charge in [-0.05, 0) is 43.2 Å². The Labute approximate surface area is 151 Å². The number of hydrogen-bond acceptors (Lipinski definition) is 4. The van der Waals surface area contributed by atoms with E-state index in [1.54, 1.807) is 30.3 Å². The molecule has 2 aromatic rings. The Kier molecular flexibility index (Phi) is 5.53. The average molecular weight is 365 g/mol. The molecule has 1 aromatic heterocycles. The standard InChI is InChI=1S/C17H18Cl2N4O/c18-12-5-6-14(13(19)11-12)20-16-8-7-15(21-22-16)17(24)23-9-3-1-2-4-10-23/h5-8,11H,1-4,9-10H2,(H,20,22). The van der Waals surface area contributed by atoms with Crippen LogP contribution in [0.15, 0.2) is 30.3 Å². The molecule has 3 rings (SSSR count). The van der Waals surface area contributed by atoms with Crippen molar-refractivity contribution in [3.05, 3.63) is 46.1 Å². The lowest BCUT2D eigenvalue weighted by Crippen LogP contribution is -2.32. The maximum absolute atomic E-state index is 12.5. The van der Waals surface area contributed by atoms with Crippen molar-refractivity contribution in [1.82, 2.24) is 15.1 Å². The van der Waals surface area contributed by atoms with Gasteiger partial charge in [-0.2, -0.15) is 0 Å². The van der Waals surface area contributed by atoms with Crippen LogP contribution >= 0.6 is 23.2 Å². The molecular weight excluding hydrogens is 347 g/mol. The predicted octanol–water partition coefficient (Wildman–Crippen LogP) is 4.54. The minimum atomic E-state index is -0.0551. The van der Waals surface area contributed by atoms with Crippen LogP contribution in [0.2, 0.25) is 10.0 Å². The number of halogens is 2. The molecular formula is C17H18Cl2N4O. The van der Waals surface area contributed by atoms with Crippen molar-refractivity contribution in [3.63, 3.8) is 0 Å².